The van der Waals surface area contributed by atoms with E-state index in [9.17, 15) is 104 Å². The van der Waals surface area contributed by atoms with Crippen molar-refractivity contribution in [2.75, 3.05) is 13.2 Å². The zero-order valence-electron chi connectivity index (χ0n) is 30.8. The topological polar surface area (TPSA) is 524 Å². The van der Waals surface area contributed by atoms with Gasteiger partial charge in [-0.25, -0.2) is 18.0 Å². The Balaban J connectivity index is 1.70. The third-order valence-corrected chi connectivity index (χ3v) is 10.7. The van der Waals surface area contributed by atoms with Gasteiger partial charge in [0.2, 0.25) is 5.91 Å². The number of hydrogen-bond donors (Lipinski definition) is 15. The molecule has 0 aromatic rings. The van der Waals surface area contributed by atoms with Gasteiger partial charge in [-0.05, 0) is 0 Å². The van der Waals surface area contributed by atoms with Gasteiger partial charge in [-0.1, -0.05) is 0 Å². The number of nitrogens with one attached hydrogen (secondary N) is 2. The molecule has 4 heterocycles. The smallest absolute Gasteiger partial charge is 0.397 e. The molecule has 33 nitrogen and oxygen atoms in total. The normalized spacial score (nSPS) is 42.2. The number of aliphatic hydroxyl groups is 8. The van der Waals surface area contributed by atoms with Crippen molar-refractivity contribution >= 4 is 48.9 Å². The lowest BCUT2D eigenvalue weighted by atomic mass is 9.94. The summed E-state index contributed by atoms with van der Waals surface area (Å²) in [7, 11) is -16.8. The maximum absolute atomic E-state index is 12.5. The first-order chi connectivity index (χ1) is 28.4. The van der Waals surface area contributed by atoms with E-state index in [0.29, 0.717) is 0 Å². The van der Waals surface area contributed by atoms with E-state index in [0.717, 1.165) is 6.92 Å². The van der Waals surface area contributed by atoms with Crippen LogP contribution in [0.3, 0.4) is 0 Å². The summed E-state index contributed by atoms with van der Waals surface area (Å²) in [6.07, 6.45) is -43.6. The number of amides is 1. The molecule has 36 heteroatoms. The molecule has 0 saturated carbocycles. The molecule has 4 rings (SSSR count). The van der Waals surface area contributed by atoms with Crippen molar-refractivity contribution in [1.82, 2.24) is 10.0 Å². The van der Waals surface area contributed by atoms with Crippen LogP contribution in [-0.4, -0.2) is 244 Å². The first-order valence-corrected chi connectivity index (χ1v) is 21.3. The van der Waals surface area contributed by atoms with E-state index in [1.807, 2.05) is 0 Å². The molecule has 4 aliphatic rings. The summed E-state index contributed by atoms with van der Waals surface area (Å²) in [6, 6.07) is -4.27. The predicted octanol–water partition coefficient (Wildman–Crippen LogP) is -10.4. The number of aliphatic carboxylic acids is 2. The molecule has 15 N–H and O–H groups in total. The first kappa shape index (κ1) is 52.0. The Morgan fingerprint density at radius 2 is 1.10 bits per heavy atom. The maximum atomic E-state index is 12.5. The van der Waals surface area contributed by atoms with Crippen LogP contribution in [0.25, 0.3) is 0 Å². The highest BCUT2D eigenvalue weighted by Crippen LogP contribution is 2.35. The minimum absolute atomic E-state index is 0.808. The van der Waals surface area contributed by atoms with Crippen LogP contribution in [-0.2, 0) is 87.0 Å². The van der Waals surface area contributed by atoms with Gasteiger partial charge in [0.05, 0.1) is 13.2 Å². The minimum Gasteiger partial charge on any atom is -0.479 e. The fourth-order valence-electron chi connectivity index (χ4n) is 6.59. The molecule has 360 valence electrons. The SMILES string of the molecule is CC(=O)N[C@@H]1[C@@H](O)[C@H](O[C@@H]2O[C@H](C(=O)O)[C@@H](O[C@H]3O[C@H](COS(=O)(=O)O)[C@@H](O[C@@H]4O[C@@H](C(=O)O)[C@@H](O)[C@H](O)[C@H]4OS(=O)(=O)O)[C@H](O)[C@H]3NS(=O)(=O)O)[C@H](O)[C@H]2O)[C@@H](CO)O[C@@H]1O. The van der Waals surface area contributed by atoms with Crippen LogP contribution in [0.4, 0.5) is 0 Å². The molecule has 4 fully saturated rings. The van der Waals surface area contributed by atoms with E-state index in [-0.39, 0.29) is 0 Å². The van der Waals surface area contributed by atoms with Gasteiger partial charge in [-0.2, -0.15) is 30.0 Å². The van der Waals surface area contributed by atoms with Gasteiger partial charge in [-0.3, -0.25) is 18.5 Å². The van der Waals surface area contributed by atoms with Crippen LogP contribution in [0.1, 0.15) is 6.92 Å². The summed E-state index contributed by atoms with van der Waals surface area (Å²) in [5.74, 6) is -4.96. The van der Waals surface area contributed by atoms with E-state index >= 15 is 0 Å². The molecule has 62 heavy (non-hydrogen) atoms. The first-order valence-electron chi connectivity index (χ1n) is 17.1. The van der Waals surface area contributed by atoms with Gasteiger partial charge >= 0.3 is 43.0 Å². The van der Waals surface area contributed by atoms with Crippen molar-refractivity contribution in [3.8, 4) is 0 Å². The Kier molecular flexibility index (Phi) is 17.0. The van der Waals surface area contributed by atoms with Gasteiger partial charge in [0, 0.05) is 6.92 Å². The van der Waals surface area contributed by atoms with E-state index in [1.54, 1.807) is 0 Å². The van der Waals surface area contributed by atoms with Crippen LogP contribution < -0.4 is 10.0 Å². The average Bonchev–Trinajstić information content (AvgIpc) is 3.13. The van der Waals surface area contributed by atoms with Gasteiger partial charge in [0.25, 0.3) is 0 Å². The predicted molar refractivity (Wildman–Crippen MR) is 180 cm³/mol. The summed E-state index contributed by atoms with van der Waals surface area (Å²) in [5.41, 5.74) is 0. The summed E-state index contributed by atoms with van der Waals surface area (Å²) in [6.45, 7) is -1.63. The van der Waals surface area contributed by atoms with Crippen molar-refractivity contribution in [3.63, 3.8) is 0 Å². The van der Waals surface area contributed by atoms with E-state index in [2.05, 4.69) is 13.7 Å². The summed E-state index contributed by atoms with van der Waals surface area (Å²) < 4.78 is 145. The number of hydrogen-bond acceptors (Lipinski definition) is 26. The van der Waals surface area contributed by atoms with Crippen LogP contribution in [0.15, 0.2) is 0 Å². The molecule has 4 aliphatic heterocycles. The Hall–Kier alpha value is -2.58. The lowest BCUT2D eigenvalue weighted by Crippen LogP contribution is -2.70. The number of carbonyl (C=O) groups is 3. The highest BCUT2D eigenvalue weighted by molar-refractivity contribution is 7.83. The Morgan fingerprint density at radius 1 is 0.581 bits per heavy atom. The van der Waals surface area contributed by atoms with Crippen molar-refractivity contribution in [3.05, 3.63) is 0 Å². The van der Waals surface area contributed by atoms with Crippen LogP contribution in [0.5, 0.6) is 0 Å². The van der Waals surface area contributed by atoms with E-state index in [1.165, 1.54) is 4.72 Å². The molecule has 0 unspecified atom stereocenters. The number of carboxylic acid groups (broad SMARTS) is 2. The number of ether oxygens (including phenoxy) is 7. The summed E-state index contributed by atoms with van der Waals surface area (Å²) in [4.78, 5) is 35.9. The lowest BCUT2D eigenvalue weighted by molar-refractivity contribution is -0.369. The van der Waals surface area contributed by atoms with Gasteiger partial charge in [0.15, 0.2) is 43.5 Å². The van der Waals surface area contributed by atoms with E-state index < -0.39 is 185 Å². The molecule has 0 radical (unpaired) electrons. The summed E-state index contributed by atoms with van der Waals surface area (Å²) in [5, 5.41) is 107. The molecule has 20 atom stereocenters. The van der Waals surface area contributed by atoms with Crippen LogP contribution in [0.2, 0.25) is 0 Å². The number of aliphatic hydroxyl groups excluding tert-OH is 8. The zero-order valence-corrected chi connectivity index (χ0v) is 33.3. The second kappa shape index (κ2) is 20.3. The fourth-order valence-corrected chi connectivity index (χ4v) is 7.97. The molecular formula is C26H42N2O31S3. The zero-order chi connectivity index (χ0) is 47.0. The molecule has 0 bridgehead atoms. The lowest BCUT2D eigenvalue weighted by Gasteiger charge is -2.49. The highest BCUT2D eigenvalue weighted by Gasteiger charge is 2.58. The molecule has 0 spiro atoms. The Morgan fingerprint density at radius 3 is 1.61 bits per heavy atom. The van der Waals surface area contributed by atoms with Crippen LogP contribution >= 0.6 is 0 Å². The fraction of sp³-hybridized carbons (Fsp3) is 0.885. The molecule has 0 aromatic carbocycles. The standard InChI is InChI=1S/C26H42N2O31S3/c1-4(30)27-7-9(31)15(5(2-29)52-23(7)41)54-25-14(36)13(35)17(20(58-25)22(39)40)56-24-8(28-60(42,43)44)10(32)16(6(53-24)3-51-61(45,46)47)55-26-19(59-62(48,49)50)12(34)11(33)18(57-26)21(37)38/h5-20,23-26,28-29,31-36,41H,2-3H2,1H3,(H,27,30)(H,37,38)(H,39,40)(H,42,43,44)(H,45,46,47)(H,48,49,50)/t5-,6-,7-,8-,9-,10-,11+,12+,13-,14-,15-,16-,17+,18-,19-,20+,23+,24-,25-,26-/m1/s1. The second-order valence-corrected chi connectivity index (χ2v) is 16.9. The molecule has 0 aromatic heterocycles. The summed E-state index contributed by atoms with van der Waals surface area (Å²) >= 11 is 0. The monoisotopic (exact) mass is 974 g/mol. The molecular weight excluding hydrogens is 932 g/mol. The second-order valence-electron chi connectivity index (χ2n) is 13.6. The molecule has 0 aliphatic carbocycles. The van der Waals surface area contributed by atoms with Gasteiger partial charge in [0.1, 0.15) is 79.2 Å². The van der Waals surface area contributed by atoms with Gasteiger partial charge in [-0.15, -0.1) is 0 Å². The number of rotatable bonds is 17. The molecule has 1 amide bonds. The van der Waals surface area contributed by atoms with Crippen molar-refractivity contribution in [2.24, 2.45) is 0 Å². The number of carboxylic acids is 2. The van der Waals surface area contributed by atoms with Crippen molar-refractivity contribution in [1.29, 1.82) is 0 Å². The molecule has 4 saturated heterocycles. The average molecular weight is 975 g/mol. The van der Waals surface area contributed by atoms with Gasteiger partial charge < -0.3 is 89.5 Å². The quantitative estimate of drug-likeness (QED) is 0.0602. The van der Waals surface area contributed by atoms with Crippen molar-refractivity contribution in [2.45, 2.75) is 130 Å². The Labute approximate surface area is 347 Å². The third kappa shape index (κ3) is 12.8. The van der Waals surface area contributed by atoms with Crippen LogP contribution in [0, 0.1) is 0 Å². The Bertz CT molecular complexity index is 1920. The third-order valence-electron chi connectivity index (χ3n) is 9.27. The largest absolute Gasteiger partial charge is 0.479 e. The maximum Gasteiger partial charge on any atom is 0.397 e. The van der Waals surface area contributed by atoms with Crippen molar-refractivity contribution < 1.29 is 146 Å². The minimum atomic E-state index is -5.68. The number of carbonyl (C=O) groups excluding carboxylic acids is 1. The van der Waals surface area contributed by atoms with E-state index in [4.69, 9.17) is 33.2 Å². The highest BCUT2D eigenvalue weighted by atomic mass is 32.3.